The van der Waals surface area contributed by atoms with E-state index in [-0.39, 0.29) is 11.3 Å². The van der Waals surface area contributed by atoms with Crippen LogP contribution in [-0.4, -0.2) is 10.8 Å². The molecule has 0 bridgehead atoms. The van der Waals surface area contributed by atoms with Crippen molar-refractivity contribution in [1.29, 1.82) is 0 Å². The Balaban J connectivity index is 2.50. The van der Waals surface area contributed by atoms with Gasteiger partial charge in [-0.3, -0.25) is 4.99 Å². The van der Waals surface area contributed by atoms with Crippen LogP contribution in [-0.2, 0) is 0 Å². The zero-order valence-corrected chi connectivity index (χ0v) is 12.2. The molecule has 1 heterocycles. The SMILES string of the molecule is CC(=Nc1ccc(C)c(Cl)c1)c1c(O)cc(C)oc1=O. The molecule has 0 unspecified atom stereocenters. The van der Waals surface area contributed by atoms with Crippen LogP contribution in [0.4, 0.5) is 5.69 Å². The van der Waals surface area contributed by atoms with Gasteiger partial charge in [-0.05, 0) is 38.5 Å². The van der Waals surface area contributed by atoms with Gasteiger partial charge in [0, 0.05) is 11.1 Å². The molecule has 0 spiro atoms. The van der Waals surface area contributed by atoms with Gasteiger partial charge < -0.3 is 9.52 Å². The fraction of sp³-hybridized carbons (Fsp3) is 0.200. The molecule has 1 N–H and O–H groups in total. The van der Waals surface area contributed by atoms with Crippen LogP contribution in [0.2, 0.25) is 5.02 Å². The lowest BCUT2D eigenvalue weighted by molar-refractivity contribution is 0.432. The zero-order valence-electron chi connectivity index (χ0n) is 11.4. The number of rotatable bonds is 2. The number of halogens is 1. The summed E-state index contributed by atoms with van der Waals surface area (Å²) in [7, 11) is 0. The number of hydrogen-bond donors (Lipinski definition) is 1. The van der Waals surface area contributed by atoms with Crippen molar-refractivity contribution in [2.24, 2.45) is 4.99 Å². The molecule has 0 saturated heterocycles. The molecule has 104 valence electrons. The molecule has 0 fully saturated rings. The molecule has 5 heteroatoms. The van der Waals surface area contributed by atoms with Gasteiger partial charge >= 0.3 is 5.63 Å². The molecular weight excluding hydrogens is 278 g/mol. The Kier molecular flexibility index (Phi) is 3.95. The number of hydrogen-bond acceptors (Lipinski definition) is 4. The summed E-state index contributed by atoms with van der Waals surface area (Å²) in [5, 5.41) is 10.4. The Morgan fingerprint density at radius 1 is 1.30 bits per heavy atom. The summed E-state index contributed by atoms with van der Waals surface area (Å²) in [4.78, 5) is 16.1. The van der Waals surface area contributed by atoms with Gasteiger partial charge in [0.15, 0.2) is 0 Å². The predicted molar refractivity (Wildman–Crippen MR) is 79.4 cm³/mol. The Bertz CT molecular complexity index is 747. The molecule has 0 radical (unpaired) electrons. The maximum absolute atomic E-state index is 11.8. The first-order valence-electron chi connectivity index (χ1n) is 6.04. The molecule has 1 aromatic heterocycles. The summed E-state index contributed by atoms with van der Waals surface area (Å²) >= 11 is 6.03. The fourth-order valence-electron chi connectivity index (χ4n) is 1.83. The van der Waals surface area contributed by atoms with E-state index < -0.39 is 5.63 Å². The largest absolute Gasteiger partial charge is 0.507 e. The highest BCUT2D eigenvalue weighted by molar-refractivity contribution is 6.31. The average Bonchev–Trinajstić information content (AvgIpc) is 2.32. The Morgan fingerprint density at radius 2 is 2.00 bits per heavy atom. The van der Waals surface area contributed by atoms with Gasteiger partial charge in [-0.25, -0.2) is 4.79 Å². The number of aryl methyl sites for hydroxylation is 2. The van der Waals surface area contributed by atoms with Gasteiger partial charge in [-0.2, -0.15) is 0 Å². The molecule has 0 amide bonds. The second-order valence-corrected chi connectivity index (χ2v) is 4.94. The first-order valence-corrected chi connectivity index (χ1v) is 6.42. The maximum atomic E-state index is 11.8. The lowest BCUT2D eigenvalue weighted by Gasteiger charge is -2.04. The first kappa shape index (κ1) is 14.3. The number of aromatic hydroxyl groups is 1. The molecule has 0 saturated carbocycles. The molecule has 2 aromatic rings. The van der Waals surface area contributed by atoms with Crippen LogP contribution < -0.4 is 5.63 Å². The van der Waals surface area contributed by atoms with Crippen LogP contribution in [0.5, 0.6) is 5.75 Å². The van der Waals surface area contributed by atoms with Crippen LogP contribution in [0.1, 0.15) is 23.8 Å². The fourth-order valence-corrected chi connectivity index (χ4v) is 2.00. The average molecular weight is 292 g/mol. The van der Waals surface area contributed by atoms with Crippen molar-refractivity contribution in [3.8, 4) is 5.75 Å². The van der Waals surface area contributed by atoms with E-state index in [4.69, 9.17) is 16.0 Å². The minimum Gasteiger partial charge on any atom is -0.507 e. The molecule has 20 heavy (non-hydrogen) atoms. The van der Waals surface area contributed by atoms with Crippen molar-refractivity contribution in [3.63, 3.8) is 0 Å². The number of benzene rings is 1. The third-order valence-electron chi connectivity index (χ3n) is 2.87. The third-order valence-corrected chi connectivity index (χ3v) is 3.28. The van der Waals surface area contributed by atoms with Gasteiger partial charge in [0.25, 0.3) is 0 Å². The highest BCUT2D eigenvalue weighted by atomic mass is 35.5. The van der Waals surface area contributed by atoms with Crippen LogP contribution in [0.25, 0.3) is 0 Å². The highest BCUT2D eigenvalue weighted by Gasteiger charge is 2.13. The smallest absolute Gasteiger partial charge is 0.348 e. The number of nitrogens with zero attached hydrogens (tertiary/aromatic N) is 1. The predicted octanol–water partition coefficient (Wildman–Crippen LogP) is 3.76. The van der Waals surface area contributed by atoms with E-state index in [1.807, 2.05) is 13.0 Å². The summed E-state index contributed by atoms with van der Waals surface area (Å²) < 4.78 is 4.97. The topological polar surface area (TPSA) is 62.8 Å². The lowest BCUT2D eigenvalue weighted by atomic mass is 10.1. The molecule has 0 atom stereocenters. The summed E-state index contributed by atoms with van der Waals surface area (Å²) in [6.45, 7) is 5.12. The molecule has 0 aliphatic rings. The first-order chi connectivity index (χ1) is 9.38. The van der Waals surface area contributed by atoms with Gasteiger partial charge in [-0.1, -0.05) is 17.7 Å². The highest BCUT2D eigenvalue weighted by Crippen LogP contribution is 2.24. The van der Waals surface area contributed by atoms with Crippen molar-refractivity contribution in [2.75, 3.05) is 0 Å². The standard InChI is InChI=1S/C15H14ClNO3/c1-8-4-5-11(7-12(8)16)17-10(3)14-13(18)6-9(2)20-15(14)19/h4-7,18H,1-3H3. The number of aliphatic imine (C=N–C) groups is 1. The van der Waals surface area contributed by atoms with E-state index in [1.165, 1.54) is 6.07 Å². The van der Waals surface area contributed by atoms with E-state index in [0.29, 0.717) is 22.2 Å². The van der Waals surface area contributed by atoms with Crippen molar-refractivity contribution in [3.05, 3.63) is 56.6 Å². The minimum atomic E-state index is -0.609. The summed E-state index contributed by atoms with van der Waals surface area (Å²) in [6, 6.07) is 6.72. The minimum absolute atomic E-state index is 0.0623. The van der Waals surface area contributed by atoms with Crippen molar-refractivity contribution in [2.45, 2.75) is 20.8 Å². The molecule has 0 aliphatic carbocycles. The van der Waals surface area contributed by atoms with Gasteiger partial charge in [0.1, 0.15) is 17.1 Å². The van der Waals surface area contributed by atoms with Crippen molar-refractivity contribution < 1.29 is 9.52 Å². The van der Waals surface area contributed by atoms with E-state index >= 15 is 0 Å². The normalized spacial score (nSPS) is 11.7. The second-order valence-electron chi connectivity index (χ2n) is 4.54. The van der Waals surface area contributed by atoms with Crippen molar-refractivity contribution in [1.82, 2.24) is 0 Å². The van der Waals surface area contributed by atoms with Crippen LogP contribution in [0.3, 0.4) is 0 Å². The molecule has 4 nitrogen and oxygen atoms in total. The molecule has 1 aromatic carbocycles. The van der Waals surface area contributed by atoms with E-state index in [2.05, 4.69) is 4.99 Å². The van der Waals surface area contributed by atoms with Gasteiger partial charge in [-0.15, -0.1) is 0 Å². The van der Waals surface area contributed by atoms with E-state index in [0.717, 1.165) is 5.56 Å². The molecule has 0 aliphatic heterocycles. The maximum Gasteiger partial charge on any atom is 0.348 e. The van der Waals surface area contributed by atoms with E-state index in [9.17, 15) is 9.90 Å². The lowest BCUT2D eigenvalue weighted by Crippen LogP contribution is -2.12. The van der Waals surface area contributed by atoms with Gasteiger partial charge in [0.2, 0.25) is 0 Å². The zero-order chi connectivity index (χ0) is 14.9. The Hall–Kier alpha value is -2.07. The second kappa shape index (κ2) is 5.51. The summed E-state index contributed by atoms with van der Waals surface area (Å²) in [5.74, 6) is 0.209. The van der Waals surface area contributed by atoms with Gasteiger partial charge in [0.05, 0.1) is 11.4 Å². The quantitative estimate of drug-likeness (QED) is 0.857. The van der Waals surface area contributed by atoms with Crippen LogP contribution in [0, 0.1) is 13.8 Å². The summed E-state index contributed by atoms with van der Waals surface area (Å²) in [6.07, 6.45) is 0. The molecular formula is C15H14ClNO3. The van der Waals surface area contributed by atoms with Crippen LogP contribution >= 0.6 is 11.6 Å². The van der Waals surface area contributed by atoms with Crippen molar-refractivity contribution >= 4 is 23.0 Å². The monoisotopic (exact) mass is 291 g/mol. The Morgan fingerprint density at radius 3 is 2.60 bits per heavy atom. The van der Waals surface area contributed by atoms with Crippen LogP contribution in [0.15, 0.2) is 38.5 Å². The third kappa shape index (κ3) is 2.91. The van der Waals surface area contributed by atoms with E-state index in [1.54, 1.807) is 26.0 Å². The summed E-state index contributed by atoms with van der Waals surface area (Å²) in [5.41, 5.74) is 1.38. The Labute approximate surface area is 121 Å². The molecule has 2 rings (SSSR count).